The molecule has 0 spiro atoms. The highest BCUT2D eigenvalue weighted by Gasteiger charge is 2.31. The lowest BCUT2D eigenvalue weighted by Gasteiger charge is -2.34. The third-order valence-corrected chi connectivity index (χ3v) is 8.62. The van der Waals surface area contributed by atoms with Crippen LogP contribution < -0.4 is 5.43 Å². The lowest BCUT2D eigenvalue weighted by molar-refractivity contribution is -0.132. The molecule has 3 aromatic carbocycles. The molecule has 1 aliphatic heterocycles. The molecule has 0 unspecified atom stereocenters. The molecular weight excluding hydrogens is 474 g/mol. The van der Waals surface area contributed by atoms with Crippen molar-refractivity contribution in [2.24, 2.45) is 0 Å². The van der Waals surface area contributed by atoms with Gasteiger partial charge in [-0.25, -0.2) is 8.42 Å². The topological polar surface area (TPSA) is 79.7 Å². The predicted octanol–water partition coefficient (Wildman–Crippen LogP) is 3.34. The minimum Gasteiger partial charge on any atom is -0.339 e. The average molecular weight is 496 g/mol. The fourth-order valence-electron chi connectivity index (χ4n) is 4.45. The maximum Gasteiger partial charge on any atom is 0.244 e. The van der Waals surface area contributed by atoms with E-state index in [4.69, 9.17) is 11.6 Å². The number of piperazine rings is 1. The smallest absolute Gasteiger partial charge is 0.244 e. The summed E-state index contributed by atoms with van der Waals surface area (Å²) in [6, 6.07) is 20.9. The Labute approximate surface area is 201 Å². The second-order valence-electron chi connectivity index (χ2n) is 8.16. The molecule has 1 aromatic heterocycles. The number of hydrogen-bond donors (Lipinski definition) is 0. The number of aromatic nitrogens is 1. The first-order valence-electron chi connectivity index (χ1n) is 10.9. The van der Waals surface area contributed by atoms with Gasteiger partial charge in [0.05, 0.1) is 16.1 Å². The number of benzene rings is 3. The number of halogens is 1. The molecule has 34 heavy (non-hydrogen) atoms. The van der Waals surface area contributed by atoms with E-state index < -0.39 is 10.0 Å². The molecule has 1 amide bonds. The summed E-state index contributed by atoms with van der Waals surface area (Å²) in [5.74, 6) is -0.131. The van der Waals surface area contributed by atoms with Crippen LogP contribution >= 0.6 is 11.6 Å². The zero-order chi connectivity index (χ0) is 23.9. The van der Waals surface area contributed by atoms with Gasteiger partial charge in [0, 0.05) is 37.0 Å². The molecule has 1 saturated heterocycles. The molecule has 174 valence electrons. The Balaban J connectivity index is 1.39. The molecule has 1 aliphatic rings. The number of carbonyl (C=O) groups is 1. The number of fused-ring (bicyclic) bond motifs is 2. The van der Waals surface area contributed by atoms with Crippen LogP contribution in [-0.2, 0) is 21.4 Å². The zero-order valence-electron chi connectivity index (χ0n) is 18.2. The second kappa shape index (κ2) is 8.87. The summed E-state index contributed by atoms with van der Waals surface area (Å²) in [7, 11) is -3.74. The van der Waals surface area contributed by atoms with Gasteiger partial charge in [0.1, 0.15) is 11.4 Å². The molecule has 0 N–H and O–H groups in total. The molecule has 0 radical (unpaired) electrons. The highest BCUT2D eigenvalue weighted by molar-refractivity contribution is 7.89. The van der Waals surface area contributed by atoms with Crippen molar-refractivity contribution in [2.45, 2.75) is 11.4 Å². The highest BCUT2D eigenvalue weighted by Crippen LogP contribution is 2.25. The summed E-state index contributed by atoms with van der Waals surface area (Å²) >= 11 is 6.11. The van der Waals surface area contributed by atoms with E-state index in [-0.39, 0.29) is 54.0 Å². The highest BCUT2D eigenvalue weighted by atomic mass is 35.5. The Hall–Kier alpha value is -3.20. The van der Waals surface area contributed by atoms with Gasteiger partial charge >= 0.3 is 0 Å². The second-order valence-corrected chi connectivity index (χ2v) is 10.5. The largest absolute Gasteiger partial charge is 0.339 e. The Kier molecular flexibility index (Phi) is 5.89. The lowest BCUT2D eigenvalue weighted by Crippen LogP contribution is -2.51. The number of amides is 1. The van der Waals surface area contributed by atoms with E-state index >= 15 is 0 Å². The first-order valence-corrected chi connectivity index (χ1v) is 12.7. The Morgan fingerprint density at radius 2 is 1.32 bits per heavy atom. The molecule has 2 heterocycles. The van der Waals surface area contributed by atoms with Crippen molar-refractivity contribution in [1.29, 1.82) is 0 Å². The van der Waals surface area contributed by atoms with Crippen LogP contribution in [0.1, 0.15) is 0 Å². The van der Waals surface area contributed by atoms with Gasteiger partial charge in [0.15, 0.2) is 5.43 Å². The van der Waals surface area contributed by atoms with Gasteiger partial charge in [0.25, 0.3) is 0 Å². The number of sulfonamides is 1. The van der Waals surface area contributed by atoms with E-state index in [1.807, 2.05) is 41.0 Å². The summed E-state index contributed by atoms with van der Waals surface area (Å²) in [6.07, 6.45) is 0. The molecule has 0 atom stereocenters. The fourth-order valence-corrected chi connectivity index (χ4v) is 6.37. The van der Waals surface area contributed by atoms with Crippen LogP contribution in [0.2, 0.25) is 5.02 Å². The van der Waals surface area contributed by atoms with E-state index in [0.29, 0.717) is 21.8 Å². The first-order chi connectivity index (χ1) is 16.4. The molecule has 0 bridgehead atoms. The standard InChI is InChI=1S/C25H22ClN3O4S/c26-20-9-3-6-12-23(20)34(32,33)28-15-13-27(14-16-28)24(30)17-29-21-10-4-1-7-18(21)25(31)19-8-2-5-11-22(19)29/h1-12H,13-17H2. The van der Waals surface area contributed by atoms with Crippen molar-refractivity contribution >= 4 is 49.3 Å². The van der Waals surface area contributed by atoms with Gasteiger partial charge in [-0.05, 0) is 36.4 Å². The monoisotopic (exact) mass is 495 g/mol. The van der Waals surface area contributed by atoms with E-state index in [1.165, 1.54) is 10.4 Å². The number of nitrogens with zero attached hydrogens (tertiary/aromatic N) is 3. The number of pyridine rings is 1. The zero-order valence-corrected chi connectivity index (χ0v) is 19.8. The van der Waals surface area contributed by atoms with Crippen molar-refractivity contribution in [2.75, 3.05) is 26.2 Å². The van der Waals surface area contributed by atoms with Crippen LogP contribution in [0.25, 0.3) is 21.8 Å². The van der Waals surface area contributed by atoms with Crippen molar-refractivity contribution in [3.05, 3.63) is 88.0 Å². The van der Waals surface area contributed by atoms with E-state index in [2.05, 4.69) is 0 Å². The predicted molar refractivity (Wildman–Crippen MR) is 133 cm³/mol. The Morgan fingerprint density at radius 1 is 0.794 bits per heavy atom. The summed E-state index contributed by atoms with van der Waals surface area (Å²) in [6.45, 7) is 0.978. The molecule has 4 aromatic rings. The molecule has 9 heteroatoms. The van der Waals surface area contributed by atoms with Crippen molar-refractivity contribution in [3.8, 4) is 0 Å². The summed E-state index contributed by atoms with van der Waals surface area (Å²) in [5, 5.41) is 1.30. The minimum atomic E-state index is -3.74. The number of para-hydroxylation sites is 2. The van der Waals surface area contributed by atoms with Gasteiger partial charge in [0.2, 0.25) is 15.9 Å². The van der Waals surface area contributed by atoms with Gasteiger partial charge in [-0.2, -0.15) is 4.31 Å². The SMILES string of the molecule is O=C(Cn1c2ccccc2c(=O)c2ccccc21)N1CCN(S(=O)(=O)c2ccccc2Cl)CC1. The van der Waals surface area contributed by atoms with Crippen LogP contribution in [0.3, 0.4) is 0 Å². The molecule has 7 nitrogen and oxygen atoms in total. The van der Waals surface area contributed by atoms with Crippen LogP contribution in [0, 0.1) is 0 Å². The van der Waals surface area contributed by atoms with Crippen LogP contribution in [0.4, 0.5) is 0 Å². The average Bonchev–Trinajstić information content (AvgIpc) is 2.86. The van der Waals surface area contributed by atoms with Gasteiger partial charge in [-0.3, -0.25) is 9.59 Å². The van der Waals surface area contributed by atoms with Crippen molar-refractivity contribution in [3.63, 3.8) is 0 Å². The lowest BCUT2D eigenvalue weighted by atomic mass is 10.1. The number of hydrogen-bond acceptors (Lipinski definition) is 4. The molecule has 1 fully saturated rings. The van der Waals surface area contributed by atoms with E-state index in [1.54, 1.807) is 35.2 Å². The van der Waals surface area contributed by atoms with Crippen molar-refractivity contribution < 1.29 is 13.2 Å². The summed E-state index contributed by atoms with van der Waals surface area (Å²) in [4.78, 5) is 27.9. The molecule has 0 aliphatic carbocycles. The van der Waals surface area contributed by atoms with Gasteiger partial charge in [-0.15, -0.1) is 0 Å². The Bertz CT molecular complexity index is 1510. The quantitative estimate of drug-likeness (QED) is 0.407. The normalized spacial score (nSPS) is 15.1. The van der Waals surface area contributed by atoms with Gasteiger partial charge in [-0.1, -0.05) is 48.0 Å². The summed E-state index contributed by atoms with van der Waals surface area (Å²) in [5.41, 5.74) is 1.33. The van der Waals surface area contributed by atoms with Crippen LogP contribution in [0.5, 0.6) is 0 Å². The van der Waals surface area contributed by atoms with E-state index in [0.717, 1.165) is 0 Å². The third kappa shape index (κ3) is 3.87. The van der Waals surface area contributed by atoms with Crippen LogP contribution in [0.15, 0.2) is 82.5 Å². The Morgan fingerprint density at radius 3 is 1.91 bits per heavy atom. The van der Waals surface area contributed by atoms with Crippen molar-refractivity contribution in [1.82, 2.24) is 13.8 Å². The molecular formula is C25H22ClN3O4S. The first kappa shape index (κ1) is 22.6. The van der Waals surface area contributed by atoms with Gasteiger partial charge < -0.3 is 9.47 Å². The van der Waals surface area contributed by atoms with Crippen LogP contribution in [-0.4, -0.2) is 54.3 Å². The number of carbonyl (C=O) groups excluding carboxylic acids is 1. The van der Waals surface area contributed by atoms with E-state index in [9.17, 15) is 18.0 Å². The maximum absolute atomic E-state index is 13.3. The molecule has 5 rings (SSSR count). The summed E-state index contributed by atoms with van der Waals surface area (Å²) < 4.78 is 29.2. The number of rotatable bonds is 4. The minimum absolute atomic E-state index is 0.0541. The maximum atomic E-state index is 13.3. The molecule has 0 saturated carbocycles. The fraction of sp³-hybridized carbons (Fsp3) is 0.200. The third-order valence-electron chi connectivity index (χ3n) is 6.22.